The van der Waals surface area contributed by atoms with E-state index in [1.807, 2.05) is 29.7 Å². The third-order valence-electron chi connectivity index (χ3n) is 4.98. The fourth-order valence-electron chi connectivity index (χ4n) is 3.14. The van der Waals surface area contributed by atoms with Crippen molar-refractivity contribution in [3.63, 3.8) is 0 Å². The van der Waals surface area contributed by atoms with Gasteiger partial charge in [0.2, 0.25) is 11.7 Å². The molecule has 0 saturated carbocycles. The number of thioether (sulfide) groups is 1. The summed E-state index contributed by atoms with van der Waals surface area (Å²) in [4.78, 5) is 4.52. The van der Waals surface area contributed by atoms with Crippen LogP contribution in [-0.2, 0) is 5.75 Å². The highest BCUT2D eigenvalue weighted by molar-refractivity contribution is 7.98. The SMILES string of the molecule is COc1ccc(OC)c(-c2noc(CSc3nnc(C)n3-c3ccc(C)c(C)c3)n2)c1. The van der Waals surface area contributed by atoms with Crippen LogP contribution < -0.4 is 9.47 Å². The summed E-state index contributed by atoms with van der Waals surface area (Å²) in [7, 11) is 3.21. The maximum atomic E-state index is 5.47. The number of hydrogen-bond donors (Lipinski definition) is 0. The van der Waals surface area contributed by atoms with Gasteiger partial charge in [-0.3, -0.25) is 4.57 Å². The zero-order valence-corrected chi connectivity index (χ0v) is 18.9. The van der Waals surface area contributed by atoms with E-state index in [9.17, 15) is 0 Å². The zero-order valence-electron chi connectivity index (χ0n) is 18.0. The molecule has 0 spiro atoms. The molecule has 2 heterocycles. The number of methoxy groups -OCH3 is 2. The smallest absolute Gasteiger partial charge is 0.237 e. The largest absolute Gasteiger partial charge is 0.497 e. The molecule has 4 aromatic rings. The Balaban J connectivity index is 1.56. The Morgan fingerprint density at radius 3 is 2.55 bits per heavy atom. The van der Waals surface area contributed by atoms with Crippen LogP contribution in [0.1, 0.15) is 22.8 Å². The second-order valence-electron chi connectivity index (χ2n) is 7.00. The van der Waals surface area contributed by atoms with Gasteiger partial charge in [-0.1, -0.05) is 23.0 Å². The minimum absolute atomic E-state index is 0.443. The van der Waals surface area contributed by atoms with Crippen molar-refractivity contribution < 1.29 is 14.0 Å². The number of rotatable bonds is 7. The van der Waals surface area contributed by atoms with E-state index in [4.69, 9.17) is 14.0 Å². The second-order valence-corrected chi connectivity index (χ2v) is 7.94. The Hall–Kier alpha value is -3.33. The van der Waals surface area contributed by atoms with Gasteiger partial charge in [-0.25, -0.2) is 0 Å². The Labute approximate surface area is 184 Å². The summed E-state index contributed by atoms with van der Waals surface area (Å²) in [6, 6.07) is 11.8. The van der Waals surface area contributed by atoms with E-state index in [-0.39, 0.29) is 0 Å². The van der Waals surface area contributed by atoms with Gasteiger partial charge in [-0.05, 0) is 62.2 Å². The van der Waals surface area contributed by atoms with Crippen molar-refractivity contribution >= 4 is 11.8 Å². The number of aryl methyl sites for hydroxylation is 3. The van der Waals surface area contributed by atoms with Crippen LogP contribution in [0.25, 0.3) is 17.1 Å². The van der Waals surface area contributed by atoms with Crippen molar-refractivity contribution in [2.75, 3.05) is 14.2 Å². The van der Waals surface area contributed by atoms with Gasteiger partial charge < -0.3 is 14.0 Å². The van der Waals surface area contributed by atoms with Crippen molar-refractivity contribution in [2.24, 2.45) is 0 Å². The molecule has 0 atom stereocenters. The summed E-state index contributed by atoms with van der Waals surface area (Å²) in [5.41, 5.74) is 4.20. The van der Waals surface area contributed by atoms with Gasteiger partial charge in [0.25, 0.3) is 0 Å². The molecule has 0 saturated heterocycles. The van der Waals surface area contributed by atoms with E-state index >= 15 is 0 Å². The van der Waals surface area contributed by atoms with Gasteiger partial charge in [0.05, 0.1) is 25.5 Å². The molecule has 31 heavy (non-hydrogen) atoms. The van der Waals surface area contributed by atoms with Crippen molar-refractivity contribution in [2.45, 2.75) is 31.7 Å². The van der Waals surface area contributed by atoms with E-state index < -0.39 is 0 Å². The molecule has 0 unspecified atom stereocenters. The van der Waals surface area contributed by atoms with E-state index in [0.29, 0.717) is 34.5 Å². The van der Waals surface area contributed by atoms with Gasteiger partial charge in [-0.2, -0.15) is 4.98 Å². The zero-order chi connectivity index (χ0) is 22.0. The molecule has 0 fully saturated rings. The molecule has 0 aliphatic rings. The van der Waals surface area contributed by atoms with Gasteiger partial charge in [0.15, 0.2) is 5.16 Å². The number of ether oxygens (including phenoxy) is 2. The van der Waals surface area contributed by atoms with Crippen molar-refractivity contribution in [1.29, 1.82) is 0 Å². The fourth-order valence-corrected chi connectivity index (χ4v) is 3.97. The molecule has 9 heteroatoms. The number of aromatic nitrogens is 5. The number of nitrogens with zero attached hydrogens (tertiary/aromatic N) is 5. The number of hydrogen-bond acceptors (Lipinski definition) is 8. The third-order valence-corrected chi connectivity index (χ3v) is 5.90. The van der Waals surface area contributed by atoms with Crippen LogP contribution in [0.2, 0.25) is 0 Å². The molecule has 0 amide bonds. The van der Waals surface area contributed by atoms with Crippen LogP contribution >= 0.6 is 11.8 Å². The molecule has 0 radical (unpaired) electrons. The van der Waals surface area contributed by atoms with Gasteiger partial charge in [0, 0.05) is 5.69 Å². The standard InChI is InChI=1S/C22H23N5O3S/c1-13-6-7-16(10-14(13)2)27-15(3)24-25-22(27)31-12-20-23-21(26-30-20)18-11-17(28-4)8-9-19(18)29-5/h6-11H,12H2,1-5H3. The van der Waals surface area contributed by atoms with Crippen molar-refractivity contribution in [1.82, 2.24) is 24.9 Å². The van der Waals surface area contributed by atoms with E-state index in [1.165, 1.54) is 22.9 Å². The second kappa shape index (κ2) is 8.81. The van der Waals surface area contributed by atoms with Gasteiger partial charge >= 0.3 is 0 Å². The lowest BCUT2D eigenvalue weighted by Gasteiger charge is -2.10. The van der Waals surface area contributed by atoms with Crippen LogP contribution in [0.4, 0.5) is 0 Å². The van der Waals surface area contributed by atoms with E-state index in [0.717, 1.165) is 16.7 Å². The lowest BCUT2D eigenvalue weighted by molar-refractivity contribution is 0.389. The molecule has 0 aliphatic carbocycles. The minimum Gasteiger partial charge on any atom is -0.497 e. The lowest BCUT2D eigenvalue weighted by Crippen LogP contribution is -2.00. The minimum atomic E-state index is 0.443. The first-order valence-electron chi connectivity index (χ1n) is 9.67. The first kappa shape index (κ1) is 20.9. The third kappa shape index (κ3) is 4.27. The Morgan fingerprint density at radius 2 is 1.81 bits per heavy atom. The normalized spacial score (nSPS) is 11.0. The summed E-state index contributed by atoms with van der Waals surface area (Å²) in [6.07, 6.45) is 0. The molecule has 160 valence electrons. The monoisotopic (exact) mass is 437 g/mol. The summed E-state index contributed by atoms with van der Waals surface area (Å²) in [5, 5.41) is 13.4. The average molecular weight is 438 g/mol. The van der Waals surface area contributed by atoms with Crippen LogP contribution in [-0.4, -0.2) is 39.1 Å². The van der Waals surface area contributed by atoms with E-state index in [1.54, 1.807) is 14.2 Å². The molecular weight excluding hydrogens is 414 g/mol. The highest BCUT2D eigenvalue weighted by Gasteiger charge is 2.17. The van der Waals surface area contributed by atoms with E-state index in [2.05, 4.69) is 52.4 Å². The molecule has 8 nitrogen and oxygen atoms in total. The summed E-state index contributed by atoms with van der Waals surface area (Å²) >= 11 is 1.49. The Morgan fingerprint density at radius 1 is 0.968 bits per heavy atom. The van der Waals surface area contributed by atoms with Crippen molar-refractivity contribution in [3.8, 4) is 28.6 Å². The van der Waals surface area contributed by atoms with Gasteiger partial charge in [-0.15, -0.1) is 10.2 Å². The average Bonchev–Trinajstić information content (AvgIpc) is 3.40. The quantitative estimate of drug-likeness (QED) is 0.389. The summed E-state index contributed by atoms with van der Waals surface area (Å²) < 4.78 is 18.2. The summed E-state index contributed by atoms with van der Waals surface area (Å²) in [6.45, 7) is 6.13. The maximum absolute atomic E-state index is 5.47. The van der Waals surface area contributed by atoms with Crippen LogP contribution in [0.15, 0.2) is 46.1 Å². The topological polar surface area (TPSA) is 88.1 Å². The molecular formula is C22H23N5O3S. The lowest BCUT2D eigenvalue weighted by atomic mass is 10.1. The van der Waals surface area contributed by atoms with Crippen LogP contribution in [0, 0.1) is 20.8 Å². The van der Waals surface area contributed by atoms with Gasteiger partial charge in [0.1, 0.15) is 17.3 Å². The molecule has 2 aromatic heterocycles. The Bertz CT molecular complexity index is 1220. The molecule has 0 aliphatic heterocycles. The molecule has 2 aromatic carbocycles. The van der Waals surface area contributed by atoms with Crippen molar-refractivity contribution in [3.05, 3.63) is 59.2 Å². The fraction of sp³-hybridized carbons (Fsp3) is 0.273. The molecule has 0 N–H and O–H groups in total. The first-order chi connectivity index (χ1) is 15.0. The van der Waals surface area contributed by atoms with Crippen LogP contribution in [0.3, 0.4) is 0 Å². The highest BCUT2D eigenvalue weighted by Crippen LogP contribution is 2.32. The maximum Gasteiger partial charge on any atom is 0.237 e. The molecule has 0 bridgehead atoms. The van der Waals surface area contributed by atoms with Crippen LogP contribution in [0.5, 0.6) is 11.5 Å². The summed E-state index contributed by atoms with van der Waals surface area (Å²) in [5.74, 6) is 3.54. The molecule has 4 rings (SSSR count). The Kier molecular flexibility index (Phi) is 5.94. The highest BCUT2D eigenvalue weighted by atomic mass is 32.2. The number of benzene rings is 2. The predicted molar refractivity (Wildman–Crippen MR) is 118 cm³/mol. The first-order valence-corrected chi connectivity index (χ1v) is 10.7. The predicted octanol–water partition coefficient (Wildman–Crippen LogP) is 4.55.